The van der Waals surface area contributed by atoms with Gasteiger partial charge in [0.1, 0.15) is 5.75 Å². The molecule has 0 aromatic heterocycles. The predicted octanol–water partition coefficient (Wildman–Crippen LogP) is 3.42. The maximum atomic E-state index is 12.9. The van der Waals surface area contributed by atoms with E-state index in [1.54, 1.807) is 36.4 Å². The number of rotatable bonds is 4. The summed E-state index contributed by atoms with van der Waals surface area (Å²) in [5, 5.41) is 0. The molecule has 2 aromatic rings. The zero-order valence-electron chi connectivity index (χ0n) is 16.3. The third-order valence-corrected chi connectivity index (χ3v) is 6.30. The van der Waals surface area contributed by atoms with Gasteiger partial charge in [-0.3, -0.25) is 19.3 Å². The summed E-state index contributed by atoms with van der Waals surface area (Å²) in [5.74, 6) is -1.17. The molecule has 0 unspecified atom stereocenters. The van der Waals surface area contributed by atoms with Crippen LogP contribution in [-0.4, -0.2) is 23.6 Å². The Morgan fingerprint density at radius 3 is 2.10 bits per heavy atom. The van der Waals surface area contributed by atoms with E-state index in [2.05, 4.69) is 12.2 Å². The molecule has 0 radical (unpaired) electrons. The van der Waals surface area contributed by atoms with Crippen LogP contribution in [-0.2, 0) is 9.59 Å². The van der Waals surface area contributed by atoms with E-state index >= 15 is 0 Å². The standard InChI is InChI=1S/C24H19NO5/c1-13(26)18-4-2-3-5-19(18)30-24(29)14-8-10-17(11-9-14)25-22(27)20-15-6-7-16(12-15)21(20)23(25)28/h2-11,15-16,20-21H,12H2,1H3/t15-,16-,20-,21+/m0/s1. The van der Waals surface area contributed by atoms with Crippen LogP contribution in [0, 0.1) is 23.7 Å². The summed E-state index contributed by atoms with van der Waals surface area (Å²) >= 11 is 0. The molecule has 6 nitrogen and oxygen atoms in total. The van der Waals surface area contributed by atoms with Crippen molar-refractivity contribution < 1.29 is 23.9 Å². The Morgan fingerprint density at radius 2 is 1.50 bits per heavy atom. The Hall–Kier alpha value is -3.54. The van der Waals surface area contributed by atoms with Gasteiger partial charge in [-0.2, -0.15) is 0 Å². The van der Waals surface area contributed by atoms with Crippen molar-refractivity contribution in [2.24, 2.45) is 23.7 Å². The third-order valence-electron chi connectivity index (χ3n) is 6.30. The molecule has 2 amide bonds. The Morgan fingerprint density at radius 1 is 0.900 bits per heavy atom. The van der Waals surface area contributed by atoms with Gasteiger partial charge in [-0.1, -0.05) is 24.3 Å². The summed E-state index contributed by atoms with van der Waals surface area (Å²) in [6.45, 7) is 1.41. The number of hydrogen-bond donors (Lipinski definition) is 0. The number of carbonyl (C=O) groups excluding carboxylic acids is 4. The van der Waals surface area contributed by atoms with Crippen LogP contribution >= 0.6 is 0 Å². The summed E-state index contributed by atoms with van der Waals surface area (Å²) < 4.78 is 5.38. The van der Waals surface area contributed by atoms with E-state index in [1.165, 1.54) is 24.0 Å². The highest BCUT2D eigenvalue weighted by Gasteiger charge is 2.59. The molecule has 2 fully saturated rings. The number of fused-ring (bicyclic) bond motifs is 5. The normalized spacial score (nSPS) is 26.2. The van der Waals surface area contributed by atoms with E-state index in [4.69, 9.17) is 4.74 Å². The SMILES string of the molecule is CC(=O)c1ccccc1OC(=O)c1ccc(N2C(=O)[C@@H]3[C@H](C2=O)[C@H]2C=C[C@H]3C2)cc1. The van der Waals surface area contributed by atoms with E-state index in [0.29, 0.717) is 11.3 Å². The molecule has 30 heavy (non-hydrogen) atoms. The fourth-order valence-corrected chi connectivity index (χ4v) is 4.91. The van der Waals surface area contributed by atoms with Crippen molar-refractivity contribution in [2.45, 2.75) is 13.3 Å². The molecule has 1 heterocycles. The first-order valence-electron chi connectivity index (χ1n) is 9.94. The van der Waals surface area contributed by atoms with Gasteiger partial charge in [-0.25, -0.2) is 4.79 Å². The number of carbonyl (C=O) groups is 4. The van der Waals surface area contributed by atoms with Crippen molar-refractivity contribution >= 4 is 29.3 Å². The van der Waals surface area contributed by atoms with Crippen LogP contribution in [0.4, 0.5) is 5.69 Å². The second-order valence-electron chi connectivity index (χ2n) is 8.00. The molecule has 6 heteroatoms. The van der Waals surface area contributed by atoms with Gasteiger partial charge < -0.3 is 4.74 Å². The van der Waals surface area contributed by atoms with Gasteiger partial charge in [-0.15, -0.1) is 0 Å². The number of ketones is 1. The van der Waals surface area contributed by atoms with Gasteiger partial charge in [0.25, 0.3) is 0 Å². The fraction of sp³-hybridized carbons (Fsp3) is 0.250. The first-order chi connectivity index (χ1) is 14.5. The van der Waals surface area contributed by atoms with Crippen LogP contribution in [0.2, 0.25) is 0 Å². The maximum absolute atomic E-state index is 12.9. The molecule has 0 spiro atoms. The number of hydrogen-bond acceptors (Lipinski definition) is 5. The Balaban J connectivity index is 1.35. The second kappa shape index (κ2) is 6.76. The molecule has 0 N–H and O–H groups in total. The average Bonchev–Trinajstić information content (AvgIpc) is 3.42. The molecule has 2 aromatic carbocycles. The quantitative estimate of drug-likeness (QED) is 0.258. The van der Waals surface area contributed by atoms with E-state index in [9.17, 15) is 19.2 Å². The average molecular weight is 401 g/mol. The lowest BCUT2D eigenvalue weighted by Crippen LogP contribution is -2.32. The minimum atomic E-state index is -0.617. The van der Waals surface area contributed by atoms with Crippen LogP contribution in [0.5, 0.6) is 5.75 Å². The van der Waals surface area contributed by atoms with Crippen molar-refractivity contribution in [1.29, 1.82) is 0 Å². The van der Waals surface area contributed by atoms with Gasteiger partial charge in [0.2, 0.25) is 11.8 Å². The molecule has 2 bridgehead atoms. The van der Waals surface area contributed by atoms with E-state index in [1.807, 2.05) is 0 Å². The van der Waals surface area contributed by atoms with Crippen LogP contribution < -0.4 is 9.64 Å². The fourth-order valence-electron chi connectivity index (χ4n) is 4.91. The molecule has 1 aliphatic heterocycles. The zero-order chi connectivity index (χ0) is 21.0. The lowest BCUT2D eigenvalue weighted by molar-refractivity contribution is -0.123. The lowest BCUT2D eigenvalue weighted by atomic mass is 9.85. The van der Waals surface area contributed by atoms with Crippen molar-refractivity contribution in [2.75, 3.05) is 4.90 Å². The monoisotopic (exact) mass is 401 g/mol. The highest BCUT2D eigenvalue weighted by molar-refractivity contribution is 6.22. The number of benzene rings is 2. The first-order valence-corrected chi connectivity index (χ1v) is 9.94. The summed E-state index contributed by atoms with van der Waals surface area (Å²) in [5.41, 5.74) is 1.04. The predicted molar refractivity (Wildman–Crippen MR) is 108 cm³/mol. The number of nitrogens with zero attached hydrogens (tertiary/aromatic N) is 1. The largest absolute Gasteiger partial charge is 0.422 e. The first kappa shape index (κ1) is 18.5. The van der Waals surface area contributed by atoms with Crippen LogP contribution in [0.1, 0.15) is 34.1 Å². The van der Waals surface area contributed by atoms with Gasteiger partial charge in [-0.05, 0) is 61.6 Å². The Labute approximate surface area is 173 Å². The highest BCUT2D eigenvalue weighted by atomic mass is 16.5. The van der Waals surface area contributed by atoms with Gasteiger partial charge in [0.05, 0.1) is 28.7 Å². The number of allylic oxidation sites excluding steroid dienone is 2. The molecular weight excluding hydrogens is 382 g/mol. The maximum Gasteiger partial charge on any atom is 0.343 e. The summed E-state index contributed by atoms with van der Waals surface area (Å²) in [4.78, 5) is 51.3. The van der Waals surface area contributed by atoms with Crippen molar-refractivity contribution in [1.82, 2.24) is 0 Å². The molecule has 5 rings (SSSR count). The number of ether oxygens (including phenoxy) is 1. The summed E-state index contributed by atoms with van der Waals surface area (Å²) in [6, 6.07) is 12.7. The number of amides is 2. The molecule has 1 saturated carbocycles. The molecule has 1 saturated heterocycles. The lowest BCUT2D eigenvalue weighted by Gasteiger charge is -2.17. The second-order valence-corrected chi connectivity index (χ2v) is 8.00. The number of para-hydroxylation sites is 1. The Kier molecular flexibility index (Phi) is 4.17. The molecule has 150 valence electrons. The van der Waals surface area contributed by atoms with Gasteiger partial charge in [0, 0.05) is 0 Å². The number of esters is 1. The Bertz CT molecular complexity index is 1090. The van der Waals surface area contributed by atoms with E-state index in [0.717, 1.165) is 6.42 Å². The number of anilines is 1. The molecule has 3 aliphatic rings. The van der Waals surface area contributed by atoms with Gasteiger partial charge >= 0.3 is 5.97 Å². The topological polar surface area (TPSA) is 80.8 Å². The van der Waals surface area contributed by atoms with Crippen LogP contribution in [0.25, 0.3) is 0 Å². The third kappa shape index (κ3) is 2.71. The molecule has 2 aliphatic carbocycles. The minimum Gasteiger partial charge on any atom is -0.422 e. The van der Waals surface area contributed by atoms with Crippen LogP contribution in [0.15, 0.2) is 60.7 Å². The van der Waals surface area contributed by atoms with Crippen molar-refractivity contribution in [3.05, 3.63) is 71.8 Å². The van der Waals surface area contributed by atoms with E-state index < -0.39 is 5.97 Å². The van der Waals surface area contributed by atoms with Crippen molar-refractivity contribution in [3.8, 4) is 5.75 Å². The molecular formula is C24H19NO5. The molecule has 4 atom stereocenters. The van der Waals surface area contributed by atoms with Gasteiger partial charge in [0.15, 0.2) is 5.78 Å². The smallest absolute Gasteiger partial charge is 0.343 e. The zero-order valence-corrected chi connectivity index (χ0v) is 16.3. The van der Waals surface area contributed by atoms with Crippen molar-refractivity contribution in [3.63, 3.8) is 0 Å². The summed E-state index contributed by atoms with van der Waals surface area (Å²) in [7, 11) is 0. The highest BCUT2D eigenvalue weighted by Crippen LogP contribution is 2.53. The summed E-state index contributed by atoms with van der Waals surface area (Å²) in [6.07, 6.45) is 4.99. The number of Topliss-reactive ketones (excluding diaryl/α,β-unsaturated/α-hetero) is 1. The van der Waals surface area contributed by atoms with E-state index in [-0.39, 0.29) is 52.6 Å². The van der Waals surface area contributed by atoms with Crippen LogP contribution in [0.3, 0.4) is 0 Å². The number of imide groups is 1. The minimum absolute atomic E-state index is 0.150.